The summed E-state index contributed by atoms with van der Waals surface area (Å²) in [4.78, 5) is 12.4. The van der Waals surface area contributed by atoms with Crippen LogP contribution in [0.25, 0.3) is 0 Å². The number of carbonyl (C=O) groups excluding carboxylic acids is 1. The molecule has 2 heteroatoms. The Morgan fingerprint density at radius 3 is 2.52 bits per heavy atom. The number of rotatable bonds is 6. The largest absolute Gasteiger partial charge is 0.326 e. The highest BCUT2D eigenvalue weighted by Crippen LogP contribution is 2.32. The van der Waals surface area contributed by atoms with Gasteiger partial charge in [-0.3, -0.25) is 4.79 Å². The summed E-state index contributed by atoms with van der Waals surface area (Å²) in [6.07, 6.45) is 9.52. The van der Waals surface area contributed by atoms with Crippen LogP contribution in [-0.2, 0) is 11.2 Å². The standard InChI is InChI=1S/C19H29NO/c1-3-5-8-15-11-13-17(14-12-15)19(21)20-18-10-7-6-9-16(18)4-2/h6-7,9-10,15,17H,3-5,8,11-14H2,1-2H3,(H,20,21). The topological polar surface area (TPSA) is 29.1 Å². The van der Waals surface area contributed by atoms with Crippen molar-refractivity contribution in [1.29, 1.82) is 0 Å². The van der Waals surface area contributed by atoms with E-state index in [0.717, 1.165) is 30.9 Å². The van der Waals surface area contributed by atoms with Crippen molar-refractivity contribution in [2.75, 3.05) is 5.32 Å². The van der Waals surface area contributed by atoms with E-state index in [1.807, 2.05) is 18.2 Å². The molecule has 2 nitrogen and oxygen atoms in total. The van der Waals surface area contributed by atoms with Crippen LogP contribution in [0.2, 0.25) is 0 Å². The van der Waals surface area contributed by atoms with Crippen LogP contribution in [0.5, 0.6) is 0 Å². The third-order valence-corrected chi connectivity index (χ3v) is 4.84. The van der Waals surface area contributed by atoms with E-state index in [9.17, 15) is 4.79 Å². The average molecular weight is 287 g/mol. The van der Waals surface area contributed by atoms with Crippen LogP contribution in [0.3, 0.4) is 0 Å². The maximum atomic E-state index is 12.4. The van der Waals surface area contributed by atoms with E-state index < -0.39 is 0 Å². The molecule has 0 unspecified atom stereocenters. The van der Waals surface area contributed by atoms with Gasteiger partial charge in [-0.2, -0.15) is 0 Å². The molecule has 1 aliphatic rings. The summed E-state index contributed by atoms with van der Waals surface area (Å²) in [5.74, 6) is 1.30. The Hall–Kier alpha value is -1.31. The quantitative estimate of drug-likeness (QED) is 0.767. The predicted molar refractivity (Wildman–Crippen MR) is 89.4 cm³/mol. The molecule has 1 N–H and O–H groups in total. The molecule has 0 saturated heterocycles. The smallest absolute Gasteiger partial charge is 0.227 e. The summed E-state index contributed by atoms with van der Waals surface area (Å²) in [7, 11) is 0. The fraction of sp³-hybridized carbons (Fsp3) is 0.632. The Morgan fingerprint density at radius 1 is 1.14 bits per heavy atom. The minimum absolute atomic E-state index is 0.216. The third kappa shape index (κ3) is 4.59. The normalized spacial score (nSPS) is 22.0. The molecule has 1 aliphatic carbocycles. The molecule has 1 amide bonds. The zero-order valence-corrected chi connectivity index (χ0v) is 13.5. The van der Waals surface area contributed by atoms with Gasteiger partial charge in [0.05, 0.1) is 0 Å². The average Bonchev–Trinajstić information content (AvgIpc) is 2.54. The molecule has 1 aromatic rings. The van der Waals surface area contributed by atoms with Gasteiger partial charge in [-0.05, 0) is 49.7 Å². The minimum atomic E-state index is 0.216. The van der Waals surface area contributed by atoms with Crippen molar-refractivity contribution in [3.8, 4) is 0 Å². The van der Waals surface area contributed by atoms with Crippen molar-refractivity contribution in [1.82, 2.24) is 0 Å². The first-order valence-corrected chi connectivity index (χ1v) is 8.63. The summed E-state index contributed by atoms with van der Waals surface area (Å²) >= 11 is 0. The molecule has 1 fully saturated rings. The second-order valence-corrected chi connectivity index (χ2v) is 6.36. The van der Waals surface area contributed by atoms with Crippen LogP contribution in [-0.4, -0.2) is 5.91 Å². The lowest BCUT2D eigenvalue weighted by Gasteiger charge is -2.28. The lowest BCUT2D eigenvalue weighted by molar-refractivity contribution is -0.121. The lowest BCUT2D eigenvalue weighted by atomic mass is 9.79. The molecule has 0 aromatic heterocycles. The molecule has 0 radical (unpaired) electrons. The SMILES string of the molecule is CCCCC1CCC(C(=O)Nc2ccccc2CC)CC1. The van der Waals surface area contributed by atoms with Crippen molar-refractivity contribution < 1.29 is 4.79 Å². The first kappa shape index (κ1) is 16.1. The number of aryl methyl sites for hydroxylation is 1. The summed E-state index contributed by atoms with van der Waals surface area (Å²) in [5.41, 5.74) is 2.22. The van der Waals surface area contributed by atoms with Gasteiger partial charge in [-0.1, -0.05) is 51.3 Å². The van der Waals surface area contributed by atoms with Crippen LogP contribution >= 0.6 is 0 Å². The van der Waals surface area contributed by atoms with Gasteiger partial charge >= 0.3 is 0 Å². The number of carbonyl (C=O) groups is 1. The minimum Gasteiger partial charge on any atom is -0.326 e. The fourth-order valence-corrected chi connectivity index (χ4v) is 3.39. The Bertz CT molecular complexity index is 447. The second kappa shape index (κ2) is 8.21. The van der Waals surface area contributed by atoms with Gasteiger partial charge in [0.25, 0.3) is 0 Å². The van der Waals surface area contributed by atoms with Gasteiger partial charge in [0, 0.05) is 11.6 Å². The summed E-state index contributed by atoms with van der Waals surface area (Å²) in [6.45, 7) is 4.38. The van der Waals surface area contributed by atoms with Gasteiger partial charge < -0.3 is 5.32 Å². The molecule has 2 rings (SSSR count). The Labute approximate surface area is 129 Å². The van der Waals surface area contributed by atoms with Crippen LogP contribution in [0.1, 0.15) is 64.4 Å². The maximum absolute atomic E-state index is 12.4. The molecule has 0 bridgehead atoms. The highest BCUT2D eigenvalue weighted by atomic mass is 16.1. The number of amides is 1. The van der Waals surface area contributed by atoms with E-state index in [-0.39, 0.29) is 11.8 Å². The molecule has 0 heterocycles. The highest BCUT2D eigenvalue weighted by Gasteiger charge is 2.26. The molecular formula is C19H29NO. The zero-order valence-electron chi connectivity index (χ0n) is 13.5. The zero-order chi connectivity index (χ0) is 15.1. The number of para-hydroxylation sites is 1. The van der Waals surface area contributed by atoms with Crippen molar-refractivity contribution in [3.63, 3.8) is 0 Å². The van der Waals surface area contributed by atoms with Crippen molar-refractivity contribution in [3.05, 3.63) is 29.8 Å². The van der Waals surface area contributed by atoms with Gasteiger partial charge in [0.2, 0.25) is 5.91 Å². The summed E-state index contributed by atoms with van der Waals surface area (Å²) in [5, 5.41) is 3.15. The summed E-state index contributed by atoms with van der Waals surface area (Å²) < 4.78 is 0. The van der Waals surface area contributed by atoms with Crippen molar-refractivity contribution in [2.24, 2.45) is 11.8 Å². The van der Waals surface area contributed by atoms with Crippen molar-refractivity contribution in [2.45, 2.75) is 65.2 Å². The Kier molecular flexibility index (Phi) is 6.28. The van der Waals surface area contributed by atoms with Gasteiger partial charge in [0.1, 0.15) is 0 Å². The first-order chi connectivity index (χ1) is 10.2. The van der Waals surface area contributed by atoms with E-state index in [1.165, 1.54) is 37.7 Å². The predicted octanol–water partition coefficient (Wildman–Crippen LogP) is 5.18. The van der Waals surface area contributed by atoms with E-state index in [0.29, 0.717) is 0 Å². The summed E-state index contributed by atoms with van der Waals surface area (Å²) in [6, 6.07) is 8.14. The second-order valence-electron chi connectivity index (χ2n) is 6.36. The van der Waals surface area contributed by atoms with Crippen LogP contribution in [0, 0.1) is 11.8 Å². The number of anilines is 1. The fourth-order valence-electron chi connectivity index (χ4n) is 3.39. The number of nitrogens with one attached hydrogen (secondary N) is 1. The molecule has 116 valence electrons. The van der Waals surface area contributed by atoms with Crippen LogP contribution in [0.4, 0.5) is 5.69 Å². The maximum Gasteiger partial charge on any atom is 0.227 e. The number of hydrogen-bond donors (Lipinski definition) is 1. The molecule has 1 saturated carbocycles. The van der Waals surface area contributed by atoms with Crippen molar-refractivity contribution >= 4 is 11.6 Å². The van der Waals surface area contributed by atoms with E-state index in [4.69, 9.17) is 0 Å². The van der Waals surface area contributed by atoms with Gasteiger partial charge in [-0.15, -0.1) is 0 Å². The number of benzene rings is 1. The Morgan fingerprint density at radius 2 is 1.86 bits per heavy atom. The molecule has 0 atom stereocenters. The number of hydrogen-bond acceptors (Lipinski definition) is 1. The third-order valence-electron chi connectivity index (χ3n) is 4.84. The molecular weight excluding hydrogens is 258 g/mol. The van der Waals surface area contributed by atoms with Crippen LogP contribution < -0.4 is 5.32 Å². The monoisotopic (exact) mass is 287 g/mol. The molecule has 0 spiro atoms. The van der Waals surface area contributed by atoms with Gasteiger partial charge in [-0.25, -0.2) is 0 Å². The van der Waals surface area contributed by atoms with Gasteiger partial charge in [0.15, 0.2) is 0 Å². The van der Waals surface area contributed by atoms with Crippen LogP contribution in [0.15, 0.2) is 24.3 Å². The van der Waals surface area contributed by atoms with E-state index in [1.54, 1.807) is 0 Å². The first-order valence-electron chi connectivity index (χ1n) is 8.63. The number of unbranched alkanes of at least 4 members (excludes halogenated alkanes) is 1. The molecule has 21 heavy (non-hydrogen) atoms. The highest BCUT2D eigenvalue weighted by molar-refractivity contribution is 5.93. The van der Waals surface area contributed by atoms with E-state index in [2.05, 4.69) is 25.2 Å². The molecule has 0 aliphatic heterocycles. The molecule has 1 aromatic carbocycles. The lowest BCUT2D eigenvalue weighted by Crippen LogP contribution is -2.27. The Balaban J connectivity index is 1.85. The van der Waals surface area contributed by atoms with E-state index >= 15 is 0 Å².